The van der Waals surface area contributed by atoms with Crippen LogP contribution in [0, 0.1) is 0 Å². The Morgan fingerprint density at radius 2 is 2.00 bits per heavy atom. The van der Waals surface area contributed by atoms with Gasteiger partial charge in [-0.15, -0.1) is 11.3 Å². The van der Waals surface area contributed by atoms with Gasteiger partial charge in [0.25, 0.3) is 5.91 Å². The molecular weight excluding hydrogens is 459 g/mol. The van der Waals surface area contributed by atoms with Gasteiger partial charge in [0.1, 0.15) is 5.58 Å². The molecule has 0 aliphatic heterocycles. The maximum Gasteiger partial charge on any atom is 0.293 e. The van der Waals surface area contributed by atoms with Crippen LogP contribution in [0.4, 0.5) is 5.13 Å². The van der Waals surface area contributed by atoms with Crippen LogP contribution in [0.25, 0.3) is 22.2 Å². The van der Waals surface area contributed by atoms with E-state index in [9.17, 15) is 4.79 Å². The van der Waals surface area contributed by atoms with Gasteiger partial charge in [-0.25, -0.2) is 4.98 Å². The number of aromatic nitrogens is 1. The molecule has 0 fully saturated rings. The van der Waals surface area contributed by atoms with Gasteiger partial charge >= 0.3 is 0 Å². The predicted molar refractivity (Wildman–Crippen MR) is 109 cm³/mol. The van der Waals surface area contributed by atoms with E-state index in [0.717, 1.165) is 15.4 Å². The second kappa shape index (κ2) is 7.04. The summed E-state index contributed by atoms with van der Waals surface area (Å²) in [5.41, 5.74) is 2.06. The van der Waals surface area contributed by atoms with Gasteiger partial charge < -0.3 is 4.42 Å². The van der Waals surface area contributed by atoms with Crippen molar-refractivity contribution in [3.63, 3.8) is 0 Å². The van der Waals surface area contributed by atoms with Gasteiger partial charge in [0.2, 0.25) is 0 Å². The number of rotatable bonds is 3. The Morgan fingerprint density at radius 1 is 1.15 bits per heavy atom. The fourth-order valence-electron chi connectivity index (χ4n) is 2.44. The Hall–Kier alpha value is -1.86. The smallest absolute Gasteiger partial charge is 0.293 e. The maximum atomic E-state index is 12.4. The molecule has 2 aromatic heterocycles. The fraction of sp³-hybridized carbons (Fsp3) is 0. The molecule has 2 heterocycles. The number of amides is 1. The molecule has 0 unspecified atom stereocenters. The average molecular weight is 468 g/mol. The van der Waals surface area contributed by atoms with Crippen molar-refractivity contribution in [1.82, 2.24) is 4.98 Å². The molecule has 2 aromatic carbocycles. The van der Waals surface area contributed by atoms with Crippen LogP contribution in [0.15, 0.2) is 56.7 Å². The molecule has 1 amide bonds. The first kappa shape index (κ1) is 17.5. The van der Waals surface area contributed by atoms with Crippen LogP contribution < -0.4 is 5.32 Å². The van der Waals surface area contributed by atoms with Gasteiger partial charge in [-0.05, 0) is 42.5 Å². The highest BCUT2D eigenvalue weighted by Gasteiger charge is 2.15. The summed E-state index contributed by atoms with van der Waals surface area (Å²) in [6.07, 6.45) is 0. The largest absolute Gasteiger partial charge is 0.451 e. The van der Waals surface area contributed by atoms with Gasteiger partial charge in [-0.2, -0.15) is 0 Å². The number of furan rings is 1. The highest BCUT2D eigenvalue weighted by molar-refractivity contribution is 9.10. The van der Waals surface area contributed by atoms with E-state index < -0.39 is 0 Å². The minimum atomic E-state index is -0.361. The quantitative estimate of drug-likeness (QED) is 0.357. The summed E-state index contributed by atoms with van der Waals surface area (Å²) < 4.78 is 6.51. The Bertz CT molecular complexity index is 1140. The number of fused-ring (bicyclic) bond motifs is 1. The third-order valence-electron chi connectivity index (χ3n) is 3.63. The second-order valence-corrected chi connectivity index (χ2v) is 8.03. The first-order chi connectivity index (χ1) is 12.5. The van der Waals surface area contributed by atoms with Crippen molar-refractivity contribution in [2.24, 2.45) is 0 Å². The number of thiazole rings is 1. The predicted octanol–water partition coefficient (Wildman–Crippen LogP) is 6.88. The average Bonchev–Trinajstić information content (AvgIpc) is 3.21. The summed E-state index contributed by atoms with van der Waals surface area (Å²) >= 11 is 16.8. The van der Waals surface area contributed by atoms with Crippen LogP contribution in [-0.2, 0) is 0 Å². The molecule has 130 valence electrons. The van der Waals surface area contributed by atoms with Crippen molar-refractivity contribution in [3.8, 4) is 11.3 Å². The summed E-state index contributed by atoms with van der Waals surface area (Å²) in [6.45, 7) is 0. The summed E-state index contributed by atoms with van der Waals surface area (Å²) in [5.74, 6) is -0.139. The molecule has 26 heavy (non-hydrogen) atoms. The lowest BCUT2D eigenvalue weighted by Gasteiger charge is -2.01. The van der Waals surface area contributed by atoms with Crippen LogP contribution in [0.1, 0.15) is 10.6 Å². The number of carbonyl (C=O) groups is 1. The summed E-state index contributed by atoms with van der Waals surface area (Å²) in [6, 6.07) is 12.4. The van der Waals surface area contributed by atoms with E-state index in [-0.39, 0.29) is 11.7 Å². The van der Waals surface area contributed by atoms with Crippen LogP contribution in [0.3, 0.4) is 0 Å². The van der Waals surface area contributed by atoms with Gasteiger partial charge in [-0.3, -0.25) is 10.1 Å². The van der Waals surface area contributed by atoms with Crippen molar-refractivity contribution in [1.29, 1.82) is 0 Å². The van der Waals surface area contributed by atoms with Crippen molar-refractivity contribution in [3.05, 3.63) is 68.1 Å². The van der Waals surface area contributed by atoms with Crippen molar-refractivity contribution in [2.75, 3.05) is 5.32 Å². The molecule has 1 N–H and O–H groups in total. The Balaban J connectivity index is 1.57. The molecule has 0 saturated carbocycles. The third kappa shape index (κ3) is 3.50. The van der Waals surface area contributed by atoms with E-state index in [1.807, 2.05) is 17.5 Å². The molecule has 4 rings (SSSR count). The lowest BCUT2D eigenvalue weighted by Crippen LogP contribution is -2.10. The minimum Gasteiger partial charge on any atom is -0.451 e. The van der Waals surface area contributed by atoms with Gasteiger partial charge in [0.15, 0.2) is 10.9 Å². The molecule has 0 bridgehead atoms. The SMILES string of the molecule is O=C(Nc1nc(-c2ccc(Cl)cc2Cl)cs1)c1cc2cc(Br)ccc2o1. The molecule has 4 nitrogen and oxygen atoms in total. The zero-order valence-electron chi connectivity index (χ0n) is 12.9. The first-order valence-corrected chi connectivity index (χ1v) is 9.84. The molecule has 0 aliphatic carbocycles. The number of nitrogens with zero attached hydrogens (tertiary/aromatic N) is 1. The lowest BCUT2D eigenvalue weighted by molar-refractivity contribution is 0.0998. The number of benzene rings is 2. The maximum absolute atomic E-state index is 12.4. The van der Waals surface area contributed by atoms with E-state index in [1.54, 1.807) is 30.3 Å². The second-order valence-electron chi connectivity index (χ2n) is 5.41. The van der Waals surface area contributed by atoms with Crippen molar-refractivity contribution in [2.45, 2.75) is 0 Å². The number of hydrogen-bond donors (Lipinski definition) is 1. The Kier molecular flexibility index (Phi) is 4.75. The van der Waals surface area contributed by atoms with E-state index in [1.165, 1.54) is 11.3 Å². The third-order valence-corrected chi connectivity index (χ3v) is 5.43. The summed E-state index contributed by atoms with van der Waals surface area (Å²) in [4.78, 5) is 16.8. The van der Waals surface area contributed by atoms with Gasteiger partial charge in [0, 0.05) is 25.8 Å². The monoisotopic (exact) mass is 466 g/mol. The molecule has 0 radical (unpaired) electrons. The van der Waals surface area contributed by atoms with Crippen LogP contribution in [0.5, 0.6) is 0 Å². The number of nitrogens with one attached hydrogen (secondary N) is 1. The number of carbonyl (C=O) groups excluding carboxylic acids is 1. The van der Waals surface area contributed by atoms with E-state index >= 15 is 0 Å². The van der Waals surface area contributed by atoms with E-state index in [4.69, 9.17) is 27.6 Å². The van der Waals surface area contributed by atoms with Crippen LogP contribution >= 0.6 is 50.5 Å². The highest BCUT2D eigenvalue weighted by Crippen LogP contribution is 2.32. The van der Waals surface area contributed by atoms with Crippen molar-refractivity contribution < 1.29 is 9.21 Å². The molecule has 8 heteroatoms. The molecule has 0 atom stereocenters. The standard InChI is InChI=1S/C18H9BrCl2N2O2S/c19-10-1-4-15-9(5-10)6-16(25-15)17(24)23-18-22-14(8-26-18)12-3-2-11(20)7-13(12)21/h1-8H,(H,22,23,24). The Morgan fingerprint density at radius 3 is 2.81 bits per heavy atom. The van der Waals surface area contributed by atoms with Crippen molar-refractivity contribution >= 4 is 72.5 Å². The highest BCUT2D eigenvalue weighted by atomic mass is 79.9. The molecular formula is C18H9BrCl2N2O2S. The topological polar surface area (TPSA) is 55.1 Å². The minimum absolute atomic E-state index is 0.222. The normalized spacial score (nSPS) is 11.0. The number of anilines is 1. The van der Waals surface area contributed by atoms with E-state index in [2.05, 4.69) is 26.2 Å². The molecule has 0 saturated heterocycles. The van der Waals surface area contributed by atoms with Crippen LogP contribution in [-0.4, -0.2) is 10.9 Å². The Labute approximate surface area is 170 Å². The number of hydrogen-bond acceptors (Lipinski definition) is 4. The lowest BCUT2D eigenvalue weighted by atomic mass is 10.2. The number of halogens is 3. The van der Waals surface area contributed by atoms with Gasteiger partial charge in [-0.1, -0.05) is 39.1 Å². The zero-order chi connectivity index (χ0) is 18.3. The van der Waals surface area contributed by atoms with Gasteiger partial charge in [0.05, 0.1) is 10.7 Å². The fourth-order valence-corrected chi connectivity index (χ4v) is 4.03. The van der Waals surface area contributed by atoms with E-state index in [0.29, 0.717) is 26.5 Å². The molecule has 4 aromatic rings. The summed E-state index contributed by atoms with van der Waals surface area (Å²) in [5, 5.41) is 6.93. The summed E-state index contributed by atoms with van der Waals surface area (Å²) in [7, 11) is 0. The first-order valence-electron chi connectivity index (χ1n) is 7.41. The molecule has 0 aliphatic rings. The zero-order valence-corrected chi connectivity index (χ0v) is 16.8. The van der Waals surface area contributed by atoms with Crippen LogP contribution in [0.2, 0.25) is 10.0 Å². The molecule has 0 spiro atoms.